The highest BCUT2D eigenvalue weighted by Crippen LogP contribution is 2.32. The van der Waals surface area contributed by atoms with E-state index in [0.29, 0.717) is 11.5 Å². The molecule has 10 heteroatoms. The van der Waals surface area contributed by atoms with E-state index in [-0.39, 0.29) is 24.4 Å². The van der Waals surface area contributed by atoms with Crippen LogP contribution in [0, 0.1) is 5.92 Å². The lowest BCUT2D eigenvalue weighted by atomic mass is 10.1. The molecule has 1 aliphatic carbocycles. The third kappa shape index (κ3) is 7.16. The van der Waals surface area contributed by atoms with Gasteiger partial charge in [-0.1, -0.05) is 41.6 Å². The fraction of sp³-hybridized carbons (Fsp3) is 0.333. The van der Waals surface area contributed by atoms with Gasteiger partial charge in [0.05, 0.1) is 6.42 Å². The topological polar surface area (TPSA) is 69.2 Å². The summed E-state index contributed by atoms with van der Waals surface area (Å²) in [6.07, 6.45) is 1.84. The average molecular weight is 440 g/mol. The van der Waals surface area contributed by atoms with Crippen LogP contribution in [0.5, 0.6) is 11.5 Å². The van der Waals surface area contributed by atoms with Crippen LogP contribution in [0.25, 0.3) is 0 Å². The minimum Gasteiger partial charge on any atom is -0.434 e. The molecule has 2 aromatic carbocycles. The van der Waals surface area contributed by atoms with Gasteiger partial charge in [-0.2, -0.15) is 17.6 Å². The van der Waals surface area contributed by atoms with Crippen molar-refractivity contribution in [1.82, 2.24) is 5.32 Å². The van der Waals surface area contributed by atoms with Gasteiger partial charge in [0.2, 0.25) is 5.91 Å². The number of nitrogens with one attached hydrogen (secondary N) is 1. The van der Waals surface area contributed by atoms with Gasteiger partial charge in [0.15, 0.2) is 5.84 Å². The van der Waals surface area contributed by atoms with Crippen LogP contribution in [0.2, 0.25) is 0 Å². The van der Waals surface area contributed by atoms with Crippen LogP contribution in [0.1, 0.15) is 24.0 Å². The molecule has 1 aliphatic rings. The van der Waals surface area contributed by atoms with E-state index in [4.69, 9.17) is 4.84 Å². The number of hydrogen-bond acceptors (Lipinski definition) is 5. The molecule has 1 amide bonds. The minimum absolute atomic E-state index is 0.0641. The van der Waals surface area contributed by atoms with E-state index < -0.39 is 30.6 Å². The quantitative estimate of drug-likeness (QED) is 0.258. The highest BCUT2D eigenvalue weighted by Gasteiger charge is 2.25. The van der Waals surface area contributed by atoms with Crippen molar-refractivity contribution in [3.63, 3.8) is 0 Å². The third-order valence-electron chi connectivity index (χ3n) is 4.29. The van der Waals surface area contributed by atoms with Gasteiger partial charge in [0, 0.05) is 0 Å². The Morgan fingerprint density at radius 1 is 0.968 bits per heavy atom. The molecule has 0 saturated heterocycles. The van der Waals surface area contributed by atoms with Gasteiger partial charge >= 0.3 is 13.2 Å². The smallest absolute Gasteiger partial charge is 0.387 e. The van der Waals surface area contributed by atoms with Gasteiger partial charge in [-0.05, 0) is 36.5 Å². The first-order valence-corrected chi connectivity index (χ1v) is 9.49. The second-order valence-electron chi connectivity index (χ2n) is 6.78. The lowest BCUT2D eigenvalue weighted by Crippen LogP contribution is -2.33. The molecule has 1 saturated carbocycles. The van der Waals surface area contributed by atoms with Crippen LogP contribution in [-0.4, -0.2) is 31.6 Å². The molecule has 0 aliphatic heterocycles. The molecule has 1 N–H and O–H groups in total. The summed E-state index contributed by atoms with van der Waals surface area (Å²) in [5.74, 6) is -1.62. The Balaban J connectivity index is 1.91. The monoisotopic (exact) mass is 440 g/mol. The van der Waals surface area contributed by atoms with Crippen molar-refractivity contribution in [2.45, 2.75) is 32.5 Å². The largest absolute Gasteiger partial charge is 0.434 e. The Labute approximate surface area is 175 Å². The molecule has 0 radical (unpaired) electrons. The Bertz CT molecular complexity index is 877. The van der Waals surface area contributed by atoms with Crippen molar-refractivity contribution in [2.24, 2.45) is 11.1 Å². The molecular formula is C21H20F4N2O4. The molecular weight excluding hydrogens is 420 g/mol. The summed E-state index contributed by atoms with van der Waals surface area (Å²) in [5.41, 5.74) is 0.305. The predicted octanol–water partition coefficient (Wildman–Crippen LogP) is 4.34. The summed E-state index contributed by atoms with van der Waals surface area (Å²) < 4.78 is 60.5. The summed E-state index contributed by atoms with van der Waals surface area (Å²) in [6.45, 7) is -6.25. The fourth-order valence-electron chi connectivity index (χ4n) is 2.71. The SMILES string of the molecule is O=C(Cc1ccccc1)N/C(=N\OCC1CC1)c1c(OC(F)F)cccc1OC(F)F. The first-order chi connectivity index (χ1) is 14.9. The third-order valence-corrected chi connectivity index (χ3v) is 4.29. The van der Waals surface area contributed by atoms with Gasteiger partial charge in [-0.25, -0.2) is 0 Å². The maximum absolute atomic E-state index is 12.9. The van der Waals surface area contributed by atoms with E-state index in [1.165, 1.54) is 6.07 Å². The Morgan fingerprint density at radius 2 is 1.58 bits per heavy atom. The zero-order valence-electron chi connectivity index (χ0n) is 16.3. The van der Waals surface area contributed by atoms with Crippen molar-refractivity contribution in [2.75, 3.05) is 6.61 Å². The van der Waals surface area contributed by atoms with Crippen molar-refractivity contribution < 1.29 is 36.7 Å². The molecule has 31 heavy (non-hydrogen) atoms. The first-order valence-electron chi connectivity index (χ1n) is 9.49. The molecule has 1 fully saturated rings. The fourth-order valence-corrected chi connectivity index (χ4v) is 2.71. The predicted molar refractivity (Wildman–Crippen MR) is 103 cm³/mol. The summed E-state index contributed by atoms with van der Waals surface area (Å²) in [6, 6.07) is 12.2. The lowest BCUT2D eigenvalue weighted by Gasteiger charge is -2.17. The number of carbonyl (C=O) groups excluding carboxylic acids is 1. The van der Waals surface area contributed by atoms with E-state index in [9.17, 15) is 22.4 Å². The number of nitrogens with zero attached hydrogens (tertiary/aromatic N) is 1. The van der Waals surface area contributed by atoms with Gasteiger partial charge in [0.25, 0.3) is 0 Å². The van der Waals surface area contributed by atoms with E-state index in [1.807, 2.05) is 0 Å². The summed E-state index contributed by atoms with van der Waals surface area (Å²) in [7, 11) is 0. The standard InChI is InChI=1S/C21H20F4N2O4/c22-20(23)30-15-7-4-8-16(31-21(24)25)18(15)19(27-29-12-14-9-10-14)26-17(28)11-13-5-2-1-3-6-13/h1-8,14,20-21H,9-12H2,(H,26,27,28). The highest BCUT2D eigenvalue weighted by atomic mass is 19.3. The molecule has 0 bridgehead atoms. The molecule has 0 heterocycles. The lowest BCUT2D eigenvalue weighted by molar-refractivity contribution is -0.119. The van der Waals surface area contributed by atoms with Crippen LogP contribution in [0.4, 0.5) is 17.6 Å². The molecule has 0 aromatic heterocycles. The second kappa shape index (κ2) is 10.6. The molecule has 3 rings (SSSR count). The number of amidine groups is 1. The number of halogens is 4. The van der Waals surface area contributed by atoms with Gasteiger partial charge < -0.3 is 19.6 Å². The van der Waals surface area contributed by atoms with E-state index >= 15 is 0 Å². The summed E-state index contributed by atoms with van der Waals surface area (Å²) in [4.78, 5) is 17.8. The maximum atomic E-state index is 12.9. The summed E-state index contributed by atoms with van der Waals surface area (Å²) >= 11 is 0. The number of amides is 1. The molecule has 2 aromatic rings. The Hall–Kier alpha value is -3.30. The number of carbonyl (C=O) groups is 1. The van der Waals surface area contributed by atoms with Crippen molar-refractivity contribution >= 4 is 11.7 Å². The van der Waals surface area contributed by atoms with E-state index in [0.717, 1.165) is 25.0 Å². The molecule has 6 nitrogen and oxygen atoms in total. The molecule has 0 atom stereocenters. The van der Waals surface area contributed by atoms with Crippen LogP contribution in [0.3, 0.4) is 0 Å². The number of ether oxygens (including phenoxy) is 2. The van der Waals surface area contributed by atoms with Crippen LogP contribution < -0.4 is 14.8 Å². The summed E-state index contributed by atoms with van der Waals surface area (Å²) in [5, 5.41) is 6.27. The minimum atomic E-state index is -3.24. The van der Waals surface area contributed by atoms with E-state index in [2.05, 4.69) is 19.9 Å². The average Bonchev–Trinajstić information content (AvgIpc) is 3.52. The second-order valence-corrected chi connectivity index (χ2v) is 6.78. The van der Waals surface area contributed by atoms with Crippen LogP contribution in [0.15, 0.2) is 53.7 Å². The van der Waals surface area contributed by atoms with Gasteiger partial charge in [-0.15, -0.1) is 0 Å². The van der Waals surface area contributed by atoms with Gasteiger partial charge in [0.1, 0.15) is 23.7 Å². The van der Waals surface area contributed by atoms with Crippen molar-refractivity contribution in [3.8, 4) is 11.5 Å². The van der Waals surface area contributed by atoms with E-state index in [1.54, 1.807) is 30.3 Å². The highest BCUT2D eigenvalue weighted by molar-refractivity contribution is 6.11. The normalized spacial score (nSPS) is 13.9. The van der Waals surface area contributed by atoms with Crippen molar-refractivity contribution in [1.29, 1.82) is 0 Å². The number of benzene rings is 2. The molecule has 0 unspecified atom stereocenters. The number of alkyl halides is 4. The number of oxime groups is 1. The Kier molecular flexibility index (Phi) is 7.69. The maximum Gasteiger partial charge on any atom is 0.387 e. The Morgan fingerprint density at radius 3 is 2.13 bits per heavy atom. The van der Waals surface area contributed by atoms with Crippen LogP contribution >= 0.6 is 0 Å². The van der Waals surface area contributed by atoms with Crippen molar-refractivity contribution in [3.05, 3.63) is 59.7 Å². The first kappa shape index (κ1) is 22.4. The van der Waals surface area contributed by atoms with Gasteiger partial charge in [-0.3, -0.25) is 4.79 Å². The van der Waals surface area contributed by atoms with Crippen LogP contribution in [-0.2, 0) is 16.1 Å². The molecule has 166 valence electrons. The molecule has 0 spiro atoms. The number of hydrogen-bond donors (Lipinski definition) is 1. The zero-order chi connectivity index (χ0) is 22.2. The number of rotatable bonds is 10. The zero-order valence-corrected chi connectivity index (χ0v) is 16.3.